The van der Waals surface area contributed by atoms with Crippen molar-refractivity contribution in [1.29, 1.82) is 0 Å². The van der Waals surface area contributed by atoms with Gasteiger partial charge in [-0.1, -0.05) is 0 Å². The number of nitrogens with two attached hydrogens (primary N) is 1. The second kappa shape index (κ2) is 5.39. The van der Waals surface area contributed by atoms with Crippen molar-refractivity contribution >= 4 is 25.8 Å². The van der Waals surface area contributed by atoms with E-state index in [0.29, 0.717) is 0 Å². The fraction of sp³-hybridized carbons (Fsp3) is 0.600. The number of aromatic nitrogens is 2. The minimum absolute atomic E-state index is 0.130. The van der Waals surface area contributed by atoms with E-state index in [1.54, 1.807) is 0 Å². The molecule has 1 aromatic rings. The number of primary sulfonamides is 1. The van der Waals surface area contributed by atoms with Gasteiger partial charge in [0.25, 0.3) is 5.91 Å². The predicted molar refractivity (Wildman–Crippen MR) is 76.0 cm³/mol. The first-order chi connectivity index (χ1) is 9.27. The van der Waals surface area contributed by atoms with Crippen molar-refractivity contribution in [1.82, 2.24) is 15.5 Å². The third kappa shape index (κ3) is 3.80. The molecule has 1 rings (SSSR count). The Bertz CT molecular complexity index is 761. The third-order valence-electron chi connectivity index (χ3n) is 3.07. The number of amides is 1. The van der Waals surface area contributed by atoms with E-state index in [4.69, 9.17) is 5.14 Å². The number of sulfone groups is 1. The average Bonchev–Trinajstić information content (AvgIpc) is 2.66. The normalized spacial score (nSPS) is 13.2. The van der Waals surface area contributed by atoms with Gasteiger partial charge in [0.2, 0.25) is 10.0 Å². The van der Waals surface area contributed by atoms with Gasteiger partial charge in [0.1, 0.15) is 4.90 Å². The topological polar surface area (TPSA) is 152 Å². The van der Waals surface area contributed by atoms with Gasteiger partial charge in [0.05, 0.1) is 10.4 Å². The fourth-order valence-corrected chi connectivity index (χ4v) is 2.64. The zero-order valence-corrected chi connectivity index (χ0v) is 13.7. The second-order valence-electron chi connectivity index (χ2n) is 5.29. The number of H-pyrrole nitrogens is 1. The Morgan fingerprint density at radius 3 is 2.29 bits per heavy atom. The first-order valence-corrected chi connectivity index (χ1v) is 9.27. The van der Waals surface area contributed by atoms with Gasteiger partial charge in [-0.15, -0.1) is 0 Å². The maximum atomic E-state index is 12.0. The SMILES string of the molecule is Cc1[nH]nc(C(=O)NCC(C)(C)S(C)(=O)=O)c1S(N)(=O)=O. The summed E-state index contributed by atoms with van der Waals surface area (Å²) in [6.45, 7) is 4.10. The molecule has 1 aromatic heterocycles. The van der Waals surface area contributed by atoms with Crippen LogP contribution in [-0.2, 0) is 19.9 Å². The minimum atomic E-state index is -4.12. The molecule has 0 aliphatic heterocycles. The summed E-state index contributed by atoms with van der Waals surface area (Å²) >= 11 is 0. The van der Waals surface area contributed by atoms with Crippen LogP contribution in [0.3, 0.4) is 0 Å². The molecule has 120 valence electrons. The maximum Gasteiger partial charge on any atom is 0.273 e. The Hall–Kier alpha value is -1.46. The first kappa shape index (κ1) is 17.6. The summed E-state index contributed by atoms with van der Waals surface area (Å²) in [6, 6.07) is 0. The van der Waals surface area contributed by atoms with Gasteiger partial charge in [0, 0.05) is 12.8 Å². The number of nitrogens with zero attached hydrogens (tertiary/aromatic N) is 1. The molecule has 0 bridgehead atoms. The molecule has 0 atom stereocenters. The molecule has 21 heavy (non-hydrogen) atoms. The van der Waals surface area contributed by atoms with Crippen LogP contribution in [-0.4, -0.2) is 50.5 Å². The van der Waals surface area contributed by atoms with Crippen LogP contribution in [0.2, 0.25) is 0 Å². The number of carbonyl (C=O) groups excluding carboxylic acids is 1. The highest BCUT2D eigenvalue weighted by molar-refractivity contribution is 7.92. The van der Waals surface area contributed by atoms with Crippen molar-refractivity contribution in [2.45, 2.75) is 30.4 Å². The Morgan fingerprint density at radius 2 is 1.86 bits per heavy atom. The van der Waals surface area contributed by atoms with Gasteiger partial charge in [-0.2, -0.15) is 5.10 Å². The second-order valence-corrected chi connectivity index (χ2v) is 9.43. The van der Waals surface area contributed by atoms with Crippen molar-refractivity contribution in [3.63, 3.8) is 0 Å². The highest BCUT2D eigenvalue weighted by Gasteiger charge is 2.32. The summed E-state index contributed by atoms with van der Waals surface area (Å²) < 4.78 is 44.8. The fourth-order valence-electron chi connectivity index (χ4n) is 1.43. The Morgan fingerprint density at radius 1 is 1.33 bits per heavy atom. The monoisotopic (exact) mass is 338 g/mol. The molecule has 0 spiro atoms. The van der Waals surface area contributed by atoms with Crippen molar-refractivity contribution in [3.8, 4) is 0 Å². The van der Waals surface area contributed by atoms with Crippen LogP contribution >= 0.6 is 0 Å². The molecule has 4 N–H and O–H groups in total. The molecule has 0 aliphatic carbocycles. The number of aryl methyl sites for hydroxylation is 1. The molecular formula is C10H18N4O5S2. The van der Waals surface area contributed by atoms with Crippen molar-refractivity contribution in [2.75, 3.05) is 12.8 Å². The number of sulfonamides is 1. The molecule has 0 aromatic carbocycles. The smallest absolute Gasteiger partial charge is 0.273 e. The van der Waals surface area contributed by atoms with Crippen molar-refractivity contribution in [3.05, 3.63) is 11.4 Å². The van der Waals surface area contributed by atoms with E-state index in [0.717, 1.165) is 6.26 Å². The van der Waals surface area contributed by atoms with Crippen LogP contribution in [0.5, 0.6) is 0 Å². The van der Waals surface area contributed by atoms with Crippen molar-refractivity contribution < 1.29 is 21.6 Å². The predicted octanol–water partition coefficient (Wildman–Crippen LogP) is -1.08. The molecule has 0 radical (unpaired) electrons. The number of hydrogen-bond donors (Lipinski definition) is 3. The lowest BCUT2D eigenvalue weighted by Crippen LogP contribution is -2.44. The van der Waals surface area contributed by atoms with Gasteiger partial charge in [-0.3, -0.25) is 9.89 Å². The molecule has 0 saturated carbocycles. The Labute approximate surface area is 123 Å². The van der Waals surface area contributed by atoms with E-state index >= 15 is 0 Å². The molecule has 1 amide bonds. The summed E-state index contributed by atoms with van der Waals surface area (Å²) in [5.74, 6) is -0.819. The summed E-state index contributed by atoms with van der Waals surface area (Å²) in [6.07, 6.45) is 1.05. The van der Waals surface area contributed by atoms with Gasteiger partial charge < -0.3 is 5.32 Å². The molecule has 0 aliphatic rings. The highest BCUT2D eigenvalue weighted by atomic mass is 32.2. The molecule has 0 saturated heterocycles. The van der Waals surface area contributed by atoms with Crippen LogP contribution < -0.4 is 10.5 Å². The zero-order chi connectivity index (χ0) is 16.6. The van der Waals surface area contributed by atoms with Gasteiger partial charge in [0.15, 0.2) is 15.5 Å². The van der Waals surface area contributed by atoms with E-state index in [2.05, 4.69) is 15.5 Å². The van der Waals surface area contributed by atoms with Gasteiger partial charge >= 0.3 is 0 Å². The van der Waals surface area contributed by atoms with Crippen LogP contribution in [0, 0.1) is 6.92 Å². The number of rotatable bonds is 5. The molecule has 9 nitrogen and oxygen atoms in total. The van der Waals surface area contributed by atoms with E-state index < -0.39 is 35.4 Å². The van der Waals surface area contributed by atoms with Crippen LogP contribution in [0.15, 0.2) is 4.90 Å². The quantitative estimate of drug-likeness (QED) is 0.621. The van der Waals surface area contributed by atoms with Gasteiger partial charge in [-0.05, 0) is 20.8 Å². The zero-order valence-electron chi connectivity index (χ0n) is 12.1. The molecular weight excluding hydrogens is 320 g/mol. The van der Waals surface area contributed by atoms with E-state index in [1.165, 1.54) is 20.8 Å². The third-order valence-corrected chi connectivity index (χ3v) is 6.29. The Balaban J connectivity index is 3.04. The number of aromatic amines is 1. The molecule has 0 fully saturated rings. The summed E-state index contributed by atoms with van der Waals surface area (Å²) in [5, 5.41) is 13.3. The van der Waals surface area contributed by atoms with E-state index in [9.17, 15) is 21.6 Å². The Kier molecular flexibility index (Phi) is 4.51. The number of carbonyl (C=O) groups is 1. The molecule has 0 unspecified atom stereocenters. The number of hydrogen-bond acceptors (Lipinski definition) is 6. The first-order valence-electron chi connectivity index (χ1n) is 5.83. The van der Waals surface area contributed by atoms with Crippen LogP contribution in [0.1, 0.15) is 30.0 Å². The van der Waals surface area contributed by atoms with E-state index in [1.807, 2.05) is 0 Å². The van der Waals surface area contributed by atoms with Gasteiger partial charge in [-0.25, -0.2) is 22.0 Å². The molecule has 11 heteroatoms. The lowest BCUT2D eigenvalue weighted by atomic mass is 10.2. The molecule has 1 heterocycles. The van der Waals surface area contributed by atoms with E-state index in [-0.39, 0.29) is 17.9 Å². The average molecular weight is 338 g/mol. The lowest BCUT2D eigenvalue weighted by molar-refractivity contribution is 0.0942. The lowest BCUT2D eigenvalue weighted by Gasteiger charge is -2.22. The van der Waals surface area contributed by atoms with Crippen molar-refractivity contribution in [2.24, 2.45) is 5.14 Å². The van der Waals surface area contributed by atoms with Crippen LogP contribution in [0.25, 0.3) is 0 Å². The summed E-state index contributed by atoms with van der Waals surface area (Å²) in [5.41, 5.74) is -0.260. The maximum absolute atomic E-state index is 12.0. The highest BCUT2D eigenvalue weighted by Crippen LogP contribution is 2.17. The number of nitrogens with one attached hydrogen (secondary N) is 2. The summed E-state index contributed by atoms with van der Waals surface area (Å²) in [7, 11) is -7.52. The minimum Gasteiger partial charge on any atom is -0.349 e. The standard InChI is InChI=1S/C10H18N4O5S2/c1-6-8(21(11,18)19)7(14-13-6)9(15)12-5-10(2,3)20(4,16)17/h5H2,1-4H3,(H,12,15)(H,13,14)(H2,11,18,19). The van der Waals surface area contributed by atoms with Crippen LogP contribution in [0.4, 0.5) is 0 Å². The largest absolute Gasteiger partial charge is 0.349 e. The summed E-state index contributed by atoms with van der Waals surface area (Å²) in [4.78, 5) is 11.6.